The monoisotopic (exact) mass is 313 g/mol. The predicted octanol–water partition coefficient (Wildman–Crippen LogP) is 1.79. The first-order valence-corrected chi connectivity index (χ1v) is 7.47. The molecule has 116 valence electrons. The van der Waals surface area contributed by atoms with Gasteiger partial charge in [-0.3, -0.25) is 15.0 Å². The lowest BCUT2D eigenvalue weighted by molar-refractivity contribution is -0.384. The van der Waals surface area contributed by atoms with Crippen LogP contribution < -0.4 is 5.32 Å². The van der Waals surface area contributed by atoms with E-state index in [1.165, 1.54) is 12.5 Å². The maximum atomic E-state index is 10.9. The minimum atomic E-state index is -0.471. The van der Waals surface area contributed by atoms with Crippen LogP contribution in [0, 0.1) is 10.1 Å². The largest absolute Gasteiger partial charge is 0.395 e. The van der Waals surface area contributed by atoms with Crippen LogP contribution in [0.1, 0.15) is 18.4 Å². The Balaban J connectivity index is 2.05. The average molecular weight is 314 g/mol. The lowest BCUT2D eigenvalue weighted by atomic mass is 10.1. The van der Waals surface area contributed by atoms with Gasteiger partial charge in [0.1, 0.15) is 5.02 Å². The van der Waals surface area contributed by atoms with Crippen molar-refractivity contribution in [3.05, 3.63) is 38.9 Å². The number of aliphatic hydroxyl groups excluding tert-OH is 1. The van der Waals surface area contributed by atoms with Crippen molar-refractivity contribution in [2.45, 2.75) is 25.4 Å². The van der Waals surface area contributed by atoms with Crippen molar-refractivity contribution in [2.75, 3.05) is 26.2 Å². The Morgan fingerprint density at radius 3 is 2.95 bits per heavy atom. The van der Waals surface area contributed by atoms with Gasteiger partial charge in [0.2, 0.25) is 0 Å². The number of hydrogen-bond donors (Lipinski definition) is 2. The van der Waals surface area contributed by atoms with E-state index in [4.69, 9.17) is 11.6 Å². The summed E-state index contributed by atoms with van der Waals surface area (Å²) < 4.78 is 0. The maximum Gasteiger partial charge on any atom is 0.288 e. The van der Waals surface area contributed by atoms with E-state index < -0.39 is 4.92 Å². The quantitative estimate of drug-likeness (QED) is 0.593. The SMILES string of the molecule is O=[N+]([O-])c1cc(CN(CCO)CC2CCCN2)ccc1Cl. The molecule has 0 spiro atoms. The van der Waals surface area contributed by atoms with E-state index in [2.05, 4.69) is 10.2 Å². The van der Waals surface area contributed by atoms with Gasteiger partial charge < -0.3 is 10.4 Å². The zero-order valence-corrected chi connectivity index (χ0v) is 12.6. The molecule has 1 atom stereocenters. The van der Waals surface area contributed by atoms with Gasteiger partial charge in [0.05, 0.1) is 11.5 Å². The zero-order chi connectivity index (χ0) is 15.2. The molecule has 0 aliphatic carbocycles. The van der Waals surface area contributed by atoms with E-state index in [-0.39, 0.29) is 17.3 Å². The van der Waals surface area contributed by atoms with E-state index in [1.54, 1.807) is 12.1 Å². The molecule has 0 bridgehead atoms. The third kappa shape index (κ3) is 4.64. The van der Waals surface area contributed by atoms with Crippen LogP contribution in [0.25, 0.3) is 0 Å². The molecule has 7 heteroatoms. The lowest BCUT2D eigenvalue weighted by Gasteiger charge is -2.25. The van der Waals surface area contributed by atoms with Crippen molar-refractivity contribution in [2.24, 2.45) is 0 Å². The van der Waals surface area contributed by atoms with E-state index >= 15 is 0 Å². The summed E-state index contributed by atoms with van der Waals surface area (Å²) in [4.78, 5) is 12.6. The first-order chi connectivity index (χ1) is 10.1. The summed E-state index contributed by atoms with van der Waals surface area (Å²) in [6, 6.07) is 5.29. The fourth-order valence-corrected chi connectivity index (χ4v) is 2.84. The van der Waals surface area contributed by atoms with Crippen molar-refractivity contribution >= 4 is 17.3 Å². The van der Waals surface area contributed by atoms with Crippen molar-refractivity contribution in [3.63, 3.8) is 0 Å². The summed E-state index contributed by atoms with van der Waals surface area (Å²) in [5.74, 6) is 0. The standard InChI is InChI=1S/C14H20ClN3O3/c15-13-4-3-11(8-14(13)18(20)21)9-17(6-7-19)10-12-2-1-5-16-12/h3-4,8,12,16,19H,1-2,5-7,9-10H2. The van der Waals surface area contributed by atoms with Gasteiger partial charge in [-0.15, -0.1) is 0 Å². The smallest absolute Gasteiger partial charge is 0.288 e. The second-order valence-electron chi connectivity index (χ2n) is 5.29. The van der Waals surface area contributed by atoms with Crippen LogP contribution in [0.2, 0.25) is 5.02 Å². The highest BCUT2D eigenvalue weighted by atomic mass is 35.5. The number of aliphatic hydroxyl groups is 1. The van der Waals surface area contributed by atoms with Crippen LogP contribution in [0.4, 0.5) is 5.69 Å². The molecule has 1 aromatic carbocycles. The molecule has 1 unspecified atom stereocenters. The molecule has 2 rings (SSSR count). The van der Waals surface area contributed by atoms with E-state index in [9.17, 15) is 15.2 Å². The summed E-state index contributed by atoms with van der Waals surface area (Å²) in [6.07, 6.45) is 2.30. The first-order valence-electron chi connectivity index (χ1n) is 7.09. The summed E-state index contributed by atoms with van der Waals surface area (Å²) in [5, 5.41) is 23.7. The second kappa shape index (κ2) is 7.70. The highest BCUT2D eigenvalue weighted by Gasteiger charge is 2.19. The molecule has 6 nitrogen and oxygen atoms in total. The van der Waals surface area contributed by atoms with Crippen LogP contribution >= 0.6 is 11.6 Å². The Kier molecular flexibility index (Phi) is 5.93. The van der Waals surface area contributed by atoms with Crippen molar-refractivity contribution in [1.29, 1.82) is 0 Å². The van der Waals surface area contributed by atoms with Crippen molar-refractivity contribution in [1.82, 2.24) is 10.2 Å². The molecule has 1 aromatic rings. The topological polar surface area (TPSA) is 78.6 Å². The Morgan fingerprint density at radius 2 is 2.33 bits per heavy atom. The molecule has 2 N–H and O–H groups in total. The molecule has 0 radical (unpaired) electrons. The van der Waals surface area contributed by atoms with Gasteiger partial charge in [0.25, 0.3) is 5.69 Å². The molecular formula is C14H20ClN3O3. The molecule has 1 saturated heterocycles. The van der Waals surface area contributed by atoms with Crippen molar-refractivity contribution in [3.8, 4) is 0 Å². The van der Waals surface area contributed by atoms with Gasteiger partial charge in [0, 0.05) is 31.7 Å². The molecule has 1 fully saturated rings. The third-order valence-corrected chi connectivity index (χ3v) is 3.99. The number of nitro groups is 1. The van der Waals surface area contributed by atoms with Crippen LogP contribution in [-0.2, 0) is 6.54 Å². The van der Waals surface area contributed by atoms with Crippen LogP contribution in [0.3, 0.4) is 0 Å². The number of benzene rings is 1. The summed E-state index contributed by atoms with van der Waals surface area (Å²) >= 11 is 5.82. The Morgan fingerprint density at radius 1 is 1.52 bits per heavy atom. The summed E-state index contributed by atoms with van der Waals surface area (Å²) in [5.41, 5.74) is 0.759. The summed E-state index contributed by atoms with van der Waals surface area (Å²) in [6.45, 7) is 3.05. The Hall–Kier alpha value is -1.21. The minimum Gasteiger partial charge on any atom is -0.395 e. The first kappa shape index (κ1) is 16.2. The summed E-state index contributed by atoms with van der Waals surface area (Å²) in [7, 11) is 0. The average Bonchev–Trinajstić information content (AvgIpc) is 2.94. The maximum absolute atomic E-state index is 10.9. The number of halogens is 1. The number of nitro benzene ring substituents is 1. The zero-order valence-electron chi connectivity index (χ0n) is 11.8. The molecule has 0 saturated carbocycles. The van der Waals surface area contributed by atoms with E-state index in [1.807, 2.05) is 0 Å². The number of nitrogens with zero attached hydrogens (tertiary/aromatic N) is 2. The molecular weight excluding hydrogens is 294 g/mol. The molecule has 0 aromatic heterocycles. The van der Waals surface area contributed by atoms with Gasteiger partial charge in [-0.1, -0.05) is 17.7 Å². The second-order valence-corrected chi connectivity index (χ2v) is 5.70. The Labute approximate surface area is 128 Å². The van der Waals surface area contributed by atoms with Gasteiger partial charge in [-0.2, -0.15) is 0 Å². The highest BCUT2D eigenvalue weighted by molar-refractivity contribution is 6.32. The van der Waals surface area contributed by atoms with Gasteiger partial charge in [0.15, 0.2) is 0 Å². The fourth-order valence-electron chi connectivity index (χ4n) is 2.66. The number of nitrogens with one attached hydrogen (secondary N) is 1. The molecule has 1 heterocycles. The number of rotatable bonds is 7. The molecule has 0 amide bonds. The third-order valence-electron chi connectivity index (χ3n) is 3.67. The van der Waals surface area contributed by atoms with Gasteiger partial charge >= 0.3 is 0 Å². The van der Waals surface area contributed by atoms with E-state index in [0.717, 1.165) is 25.1 Å². The van der Waals surface area contributed by atoms with E-state index in [0.29, 0.717) is 19.1 Å². The highest BCUT2D eigenvalue weighted by Crippen LogP contribution is 2.25. The number of hydrogen-bond acceptors (Lipinski definition) is 5. The van der Waals surface area contributed by atoms with Gasteiger partial charge in [-0.25, -0.2) is 0 Å². The molecule has 1 aliphatic rings. The van der Waals surface area contributed by atoms with Crippen molar-refractivity contribution < 1.29 is 10.0 Å². The normalized spacial score (nSPS) is 18.3. The fraction of sp³-hybridized carbons (Fsp3) is 0.571. The lowest BCUT2D eigenvalue weighted by Crippen LogP contribution is -2.38. The Bertz CT molecular complexity index is 492. The molecule has 21 heavy (non-hydrogen) atoms. The van der Waals surface area contributed by atoms with Crippen LogP contribution in [0.5, 0.6) is 0 Å². The minimum absolute atomic E-state index is 0.0718. The van der Waals surface area contributed by atoms with Crippen LogP contribution in [-0.4, -0.2) is 47.2 Å². The van der Waals surface area contributed by atoms with Crippen LogP contribution in [0.15, 0.2) is 18.2 Å². The van der Waals surface area contributed by atoms with Gasteiger partial charge in [-0.05, 0) is 31.0 Å². The predicted molar refractivity (Wildman–Crippen MR) is 81.5 cm³/mol. The molecule has 1 aliphatic heterocycles.